The van der Waals surface area contributed by atoms with Crippen LogP contribution in [0.15, 0.2) is 35.5 Å². The zero-order valence-corrected chi connectivity index (χ0v) is 19.4. The van der Waals surface area contributed by atoms with Gasteiger partial charge in [0.1, 0.15) is 5.84 Å². The fourth-order valence-corrected chi connectivity index (χ4v) is 4.61. The molecule has 0 spiro atoms. The first kappa shape index (κ1) is 22.5. The summed E-state index contributed by atoms with van der Waals surface area (Å²) < 4.78 is 0. The molecule has 5 N–H and O–H groups in total. The predicted octanol–water partition coefficient (Wildman–Crippen LogP) is 1.51. The number of pyridine rings is 2. The zero-order valence-electron chi connectivity index (χ0n) is 19.4. The van der Waals surface area contributed by atoms with Gasteiger partial charge in [-0.15, -0.1) is 0 Å². The predicted molar refractivity (Wildman–Crippen MR) is 135 cm³/mol. The number of nitrogens with one attached hydrogen (secondary N) is 3. The molecule has 2 aliphatic heterocycles. The van der Waals surface area contributed by atoms with Gasteiger partial charge in [0.25, 0.3) is 5.91 Å². The molecule has 0 aliphatic carbocycles. The topological polar surface area (TPSA) is 149 Å². The molecule has 0 bridgehead atoms. The number of rotatable bonds is 5. The first-order chi connectivity index (χ1) is 17.0. The number of fused-ring (bicyclic) bond motifs is 3. The monoisotopic (exact) mass is 470 g/mol. The Kier molecular flexibility index (Phi) is 5.86. The Morgan fingerprint density at radius 1 is 1.26 bits per heavy atom. The normalized spacial score (nSPS) is 14.8. The Morgan fingerprint density at radius 3 is 2.80 bits per heavy atom. The van der Waals surface area contributed by atoms with E-state index in [0.29, 0.717) is 54.3 Å². The van der Waals surface area contributed by atoms with E-state index < -0.39 is 0 Å². The minimum Gasteiger partial charge on any atom is -0.398 e. The molecule has 0 saturated carbocycles. The van der Waals surface area contributed by atoms with Crippen LogP contribution in [0.4, 0.5) is 5.69 Å². The molecule has 2 amide bonds. The average molecular weight is 471 g/mol. The van der Waals surface area contributed by atoms with Crippen molar-refractivity contribution in [1.82, 2.24) is 25.5 Å². The van der Waals surface area contributed by atoms with Crippen LogP contribution in [0.5, 0.6) is 0 Å². The molecule has 178 valence electrons. The van der Waals surface area contributed by atoms with Crippen LogP contribution in [-0.4, -0.2) is 64.9 Å². The van der Waals surface area contributed by atoms with Crippen molar-refractivity contribution in [1.29, 1.82) is 5.41 Å². The molecule has 0 radical (unpaired) electrons. The van der Waals surface area contributed by atoms with Gasteiger partial charge in [-0.25, -0.2) is 4.98 Å². The van der Waals surface area contributed by atoms with E-state index in [2.05, 4.69) is 20.6 Å². The second kappa shape index (κ2) is 9.13. The van der Waals surface area contributed by atoms with Gasteiger partial charge < -0.3 is 26.7 Å². The van der Waals surface area contributed by atoms with Gasteiger partial charge in [0.2, 0.25) is 5.91 Å². The molecule has 0 fully saturated rings. The number of anilines is 1. The quantitative estimate of drug-likeness (QED) is 0.328. The molecule has 1 aromatic carbocycles. The lowest BCUT2D eigenvalue weighted by atomic mass is 9.90. The molecule has 0 unspecified atom stereocenters. The first-order valence-corrected chi connectivity index (χ1v) is 11.5. The van der Waals surface area contributed by atoms with Crippen LogP contribution in [0.3, 0.4) is 0 Å². The Morgan fingerprint density at radius 2 is 2.11 bits per heavy atom. The lowest BCUT2D eigenvalue weighted by molar-refractivity contribution is -0.129. The maximum atomic E-state index is 12.6. The number of nitrogens with zero attached hydrogens (tertiary/aromatic N) is 4. The van der Waals surface area contributed by atoms with Gasteiger partial charge in [0, 0.05) is 61.2 Å². The van der Waals surface area contributed by atoms with E-state index >= 15 is 0 Å². The number of carbonyl (C=O) groups excluding carboxylic acids is 2. The summed E-state index contributed by atoms with van der Waals surface area (Å²) in [6.07, 6.45) is 3.42. The van der Waals surface area contributed by atoms with Crippen LogP contribution in [0.2, 0.25) is 0 Å². The van der Waals surface area contributed by atoms with Gasteiger partial charge in [-0.1, -0.05) is 0 Å². The summed E-state index contributed by atoms with van der Waals surface area (Å²) in [5.41, 5.74) is 11.7. The maximum Gasteiger partial charge on any atom is 0.253 e. The molecule has 0 atom stereocenters. The summed E-state index contributed by atoms with van der Waals surface area (Å²) in [7, 11) is 0. The third-order valence-corrected chi connectivity index (χ3v) is 6.44. The Hall–Kier alpha value is -4.34. The van der Waals surface area contributed by atoms with Crippen molar-refractivity contribution in [3.63, 3.8) is 0 Å². The fraction of sp³-hybridized carbons (Fsp3) is 0.280. The number of hydrogen-bond acceptors (Lipinski definition) is 8. The number of nitrogen functional groups attached to an aromatic ring is 1. The summed E-state index contributed by atoms with van der Waals surface area (Å²) in [5.74, 6) is 0.528. The van der Waals surface area contributed by atoms with Gasteiger partial charge in [-0.3, -0.25) is 19.6 Å². The number of hydrogen-bond donors (Lipinski definition) is 4. The Balaban J connectivity index is 1.54. The number of carbonyl (C=O) groups is 2. The molecule has 10 heteroatoms. The third-order valence-electron chi connectivity index (χ3n) is 6.44. The molecule has 4 heterocycles. The third kappa shape index (κ3) is 4.18. The molecule has 5 rings (SSSR count). The molecular weight excluding hydrogens is 444 g/mol. The van der Waals surface area contributed by atoms with Crippen LogP contribution < -0.4 is 16.4 Å². The number of aromatic nitrogens is 2. The summed E-state index contributed by atoms with van der Waals surface area (Å²) in [5, 5.41) is 14.7. The molecular formula is C25H26N8O2. The van der Waals surface area contributed by atoms with Crippen molar-refractivity contribution >= 4 is 40.5 Å². The van der Waals surface area contributed by atoms with Crippen molar-refractivity contribution < 1.29 is 9.59 Å². The number of nitrogens with two attached hydrogens (primary N) is 1. The lowest BCUT2D eigenvalue weighted by Crippen LogP contribution is -2.35. The highest BCUT2D eigenvalue weighted by Gasteiger charge is 2.26. The number of aliphatic imine (C=N–C) groups is 1. The second-order valence-electron chi connectivity index (χ2n) is 8.59. The summed E-state index contributed by atoms with van der Waals surface area (Å²) >= 11 is 0. The van der Waals surface area contributed by atoms with Gasteiger partial charge >= 0.3 is 0 Å². The first-order valence-electron chi connectivity index (χ1n) is 11.5. The van der Waals surface area contributed by atoms with E-state index in [1.54, 1.807) is 30.0 Å². The minimum atomic E-state index is -0.234. The number of benzene rings is 1. The maximum absolute atomic E-state index is 12.6. The van der Waals surface area contributed by atoms with E-state index in [4.69, 9.17) is 16.1 Å². The van der Waals surface area contributed by atoms with Crippen LogP contribution in [0, 0.1) is 5.41 Å². The SMILES string of the molecule is CC(=O)N1CCc2c(c(-c3ccc(C(=O)NCC4=NCCN4)cn3)nc3ccc(N)c(C=N)c23)C1. The molecule has 0 saturated heterocycles. The minimum absolute atomic E-state index is 0.0112. The summed E-state index contributed by atoms with van der Waals surface area (Å²) in [6.45, 7) is 4.39. The van der Waals surface area contributed by atoms with Gasteiger partial charge in [0.15, 0.2) is 0 Å². The highest BCUT2D eigenvalue weighted by atomic mass is 16.2. The fourth-order valence-electron chi connectivity index (χ4n) is 4.61. The highest BCUT2D eigenvalue weighted by Crippen LogP contribution is 2.36. The second-order valence-corrected chi connectivity index (χ2v) is 8.59. The largest absolute Gasteiger partial charge is 0.398 e. The highest BCUT2D eigenvalue weighted by molar-refractivity contribution is 6.05. The molecule has 3 aromatic rings. The lowest BCUT2D eigenvalue weighted by Gasteiger charge is -2.30. The van der Waals surface area contributed by atoms with Crippen LogP contribution in [-0.2, 0) is 17.8 Å². The average Bonchev–Trinajstić information content (AvgIpc) is 3.40. The van der Waals surface area contributed by atoms with E-state index in [9.17, 15) is 9.59 Å². The van der Waals surface area contributed by atoms with Crippen molar-refractivity contribution in [2.75, 3.05) is 31.9 Å². The summed E-state index contributed by atoms with van der Waals surface area (Å²) in [4.78, 5) is 40.2. The van der Waals surface area contributed by atoms with Crippen LogP contribution >= 0.6 is 0 Å². The molecule has 10 nitrogen and oxygen atoms in total. The zero-order chi connectivity index (χ0) is 24.5. The number of amidine groups is 1. The standard InChI is InChI=1S/C25H26N8O2/c1-14(34)33-9-6-16-18(13-33)24(32-20-5-3-19(27)17(10-26)23(16)20)21-4-2-15(11-30-21)25(35)31-12-22-28-7-8-29-22/h2-5,10-11,26H,6-9,12-13,27H2,1H3,(H,28,29)(H,31,35). The Bertz CT molecular complexity index is 1380. The summed E-state index contributed by atoms with van der Waals surface area (Å²) in [6, 6.07) is 7.09. The number of amides is 2. The van der Waals surface area contributed by atoms with E-state index in [1.165, 1.54) is 12.4 Å². The molecule has 2 aromatic heterocycles. The van der Waals surface area contributed by atoms with E-state index in [-0.39, 0.29) is 11.8 Å². The molecule has 2 aliphatic rings. The van der Waals surface area contributed by atoms with Gasteiger partial charge in [-0.2, -0.15) is 0 Å². The van der Waals surface area contributed by atoms with Crippen molar-refractivity contribution in [3.05, 3.63) is 52.7 Å². The smallest absolute Gasteiger partial charge is 0.253 e. The van der Waals surface area contributed by atoms with Crippen LogP contribution in [0.25, 0.3) is 22.3 Å². The van der Waals surface area contributed by atoms with Crippen molar-refractivity contribution in [2.24, 2.45) is 4.99 Å². The molecule has 35 heavy (non-hydrogen) atoms. The van der Waals surface area contributed by atoms with Gasteiger partial charge in [-0.05, 0) is 36.2 Å². The van der Waals surface area contributed by atoms with Crippen LogP contribution in [0.1, 0.15) is 34.0 Å². The van der Waals surface area contributed by atoms with E-state index in [1.807, 2.05) is 6.07 Å². The Labute approximate surface area is 202 Å². The van der Waals surface area contributed by atoms with E-state index in [0.717, 1.165) is 41.0 Å². The van der Waals surface area contributed by atoms with Crippen molar-refractivity contribution in [2.45, 2.75) is 19.9 Å². The van der Waals surface area contributed by atoms with Crippen molar-refractivity contribution in [3.8, 4) is 11.4 Å². The van der Waals surface area contributed by atoms with Gasteiger partial charge in [0.05, 0.1) is 35.6 Å².